The van der Waals surface area contributed by atoms with Gasteiger partial charge in [-0.15, -0.1) is 0 Å². The Morgan fingerprint density at radius 1 is 0.667 bits per heavy atom. The van der Waals surface area contributed by atoms with Crippen molar-refractivity contribution in [3.05, 3.63) is 144 Å². The van der Waals surface area contributed by atoms with E-state index in [2.05, 4.69) is 74.2 Å². The molecular weight excluding hydrogens is 789 g/mol. The van der Waals surface area contributed by atoms with Gasteiger partial charge in [0.25, 0.3) is 5.91 Å². The average molecular weight is 841 g/mol. The van der Waals surface area contributed by atoms with Gasteiger partial charge in [0, 0.05) is 72.6 Å². The number of nitrogens with two attached hydrogens (primary N) is 1. The summed E-state index contributed by atoms with van der Waals surface area (Å²) in [6, 6.07) is 31.8. The molecule has 13 heteroatoms. The largest absolute Gasteiger partial charge is 0.477 e. The molecule has 4 N–H and O–H groups in total. The molecule has 6 aromatic rings. The molecule has 0 aliphatic carbocycles. The third kappa shape index (κ3) is 14.8. The number of aryl methyl sites for hydroxylation is 4. The van der Waals surface area contributed by atoms with Crippen LogP contribution in [-0.4, -0.2) is 58.7 Å². The Kier molecular flexibility index (Phi) is 17.0. The first-order valence-electron chi connectivity index (χ1n) is 18.3. The van der Waals surface area contributed by atoms with E-state index in [1.807, 2.05) is 97.7 Å². The number of rotatable bonds is 13. The summed E-state index contributed by atoms with van der Waals surface area (Å²) >= 11 is 0. The van der Waals surface area contributed by atoms with Crippen molar-refractivity contribution in [1.82, 2.24) is 24.4 Å². The Labute approximate surface area is 352 Å². The number of carboxylic acid groups (broad SMARTS) is 1. The number of benzene rings is 2. The first kappa shape index (κ1) is 45.3. The zero-order valence-corrected chi connectivity index (χ0v) is 37.0. The van der Waals surface area contributed by atoms with Crippen molar-refractivity contribution in [3.8, 4) is 22.3 Å². The standard InChI is InChI=1S/C22H25N3OS2.C13H13NO2.C9H14N2S2/c1-16-8-10-17(11-9-16)18-13-19(25(4)14-18)21(26)24-15-22(2,3)28-27-20-7-5-6-12-23-20;1-9-3-5-10(6-4-9)11-7-12(13(15)16)14(2)8-11;1-9(2,7-10)13-12-8-5-3-4-6-11-8/h5-14H,15H2,1-4H3,(H,24,26);3-8H,1-2H3,(H,15,16);3-6H,7,10H2,1-2H3. The maximum atomic E-state index is 12.7. The van der Waals surface area contributed by atoms with Gasteiger partial charge in [0.1, 0.15) is 21.4 Å². The van der Waals surface area contributed by atoms with Crippen molar-refractivity contribution in [1.29, 1.82) is 0 Å². The van der Waals surface area contributed by atoms with E-state index in [1.54, 1.807) is 73.3 Å². The Morgan fingerprint density at radius 3 is 1.51 bits per heavy atom. The summed E-state index contributed by atoms with van der Waals surface area (Å²) in [5.74, 6) is -0.960. The molecule has 57 heavy (non-hydrogen) atoms. The zero-order chi connectivity index (χ0) is 41.6. The van der Waals surface area contributed by atoms with Gasteiger partial charge < -0.3 is 25.3 Å². The molecular formula is C44H52N6O3S4. The molecule has 0 saturated heterocycles. The van der Waals surface area contributed by atoms with Crippen LogP contribution >= 0.6 is 43.2 Å². The van der Waals surface area contributed by atoms with Crippen LogP contribution in [0.25, 0.3) is 22.3 Å². The lowest BCUT2D eigenvalue weighted by Gasteiger charge is -2.23. The monoisotopic (exact) mass is 840 g/mol. The molecule has 0 atom stereocenters. The van der Waals surface area contributed by atoms with Crippen LogP contribution in [0.3, 0.4) is 0 Å². The molecule has 0 saturated carbocycles. The molecule has 0 unspecified atom stereocenters. The number of aromatic nitrogens is 4. The highest BCUT2D eigenvalue weighted by Crippen LogP contribution is 2.40. The third-order valence-corrected chi connectivity index (χ3v) is 14.8. The first-order valence-corrected chi connectivity index (χ1v) is 22.6. The first-order chi connectivity index (χ1) is 27.1. The minimum absolute atomic E-state index is 0.0580. The summed E-state index contributed by atoms with van der Waals surface area (Å²) in [6.45, 7) is 13.9. The fourth-order valence-corrected chi connectivity index (χ4v) is 9.06. The van der Waals surface area contributed by atoms with Gasteiger partial charge in [0.05, 0.1) is 0 Å². The summed E-state index contributed by atoms with van der Waals surface area (Å²) in [4.78, 5) is 32.2. The van der Waals surface area contributed by atoms with Gasteiger partial charge in [-0.3, -0.25) is 4.79 Å². The number of amides is 1. The van der Waals surface area contributed by atoms with E-state index in [0.717, 1.165) is 32.3 Å². The van der Waals surface area contributed by atoms with Crippen LogP contribution in [0.1, 0.15) is 59.8 Å². The Morgan fingerprint density at radius 2 is 1.11 bits per heavy atom. The van der Waals surface area contributed by atoms with Crippen LogP contribution < -0.4 is 11.1 Å². The van der Waals surface area contributed by atoms with E-state index in [9.17, 15) is 9.59 Å². The van der Waals surface area contributed by atoms with Crippen LogP contribution in [0, 0.1) is 13.8 Å². The number of carbonyl (C=O) groups is 2. The SMILES string of the molecule is CC(C)(CN)SSc1ccccn1.Cc1ccc(-c2cc(C(=O)NCC(C)(C)SSc3ccccn3)n(C)c2)cc1.Cc1ccc(-c2cc(C(=O)O)n(C)c2)cc1. The number of nitrogens with one attached hydrogen (secondary N) is 1. The van der Waals surface area contributed by atoms with Crippen LogP contribution in [-0.2, 0) is 14.1 Å². The second kappa shape index (κ2) is 21.4. The molecule has 4 aromatic heterocycles. The predicted molar refractivity (Wildman–Crippen MR) is 243 cm³/mol. The van der Waals surface area contributed by atoms with Crippen LogP contribution in [0.4, 0.5) is 0 Å². The van der Waals surface area contributed by atoms with Gasteiger partial charge >= 0.3 is 5.97 Å². The zero-order valence-electron chi connectivity index (χ0n) is 33.7. The van der Waals surface area contributed by atoms with Crippen molar-refractivity contribution in [2.75, 3.05) is 13.1 Å². The molecule has 9 nitrogen and oxygen atoms in total. The Hall–Kier alpha value is -4.40. The molecule has 4 heterocycles. The molecule has 0 spiro atoms. The minimum Gasteiger partial charge on any atom is -0.477 e. The van der Waals surface area contributed by atoms with Crippen molar-refractivity contribution in [2.24, 2.45) is 19.8 Å². The second-order valence-corrected chi connectivity index (χ2v) is 20.3. The fraction of sp³-hybridized carbons (Fsp3) is 0.273. The topological polar surface area (TPSA) is 128 Å². The summed E-state index contributed by atoms with van der Waals surface area (Å²) < 4.78 is 3.50. The van der Waals surface area contributed by atoms with Crippen molar-refractivity contribution < 1.29 is 14.7 Å². The maximum absolute atomic E-state index is 12.7. The molecule has 1 amide bonds. The van der Waals surface area contributed by atoms with Crippen LogP contribution in [0.5, 0.6) is 0 Å². The predicted octanol–water partition coefficient (Wildman–Crippen LogP) is 10.6. The molecule has 0 radical (unpaired) electrons. The number of carbonyl (C=O) groups excluding carboxylic acids is 1. The average Bonchev–Trinajstić information content (AvgIpc) is 3.80. The maximum Gasteiger partial charge on any atom is 0.352 e. The summed E-state index contributed by atoms with van der Waals surface area (Å²) in [5.41, 5.74) is 13.1. The summed E-state index contributed by atoms with van der Waals surface area (Å²) in [5, 5.41) is 14.0. The molecule has 300 valence electrons. The summed E-state index contributed by atoms with van der Waals surface area (Å²) in [6.07, 6.45) is 7.42. The number of pyridine rings is 2. The van der Waals surface area contributed by atoms with Crippen LogP contribution in [0.15, 0.2) is 132 Å². The van der Waals surface area contributed by atoms with E-state index in [-0.39, 0.29) is 15.4 Å². The van der Waals surface area contributed by atoms with Crippen molar-refractivity contribution >= 4 is 55.1 Å². The second-order valence-electron chi connectivity index (χ2n) is 14.6. The fourth-order valence-electron chi connectivity index (χ4n) is 4.93. The van der Waals surface area contributed by atoms with Crippen LogP contribution in [0.2, 0.25) is 0 Å². The molecule has 6 rings (SSSR count). The number of aromatic carboxylic acids is 1. The van der Waals surface area contributed by atoms with Gasteiger partial charge in [0.15, 0.2) is 0 Å². The number of nitrogens with zero attached hydrogens (tertiary/aromatic N) is 4. The molecule has 0 aliphatic rings. The quantitative estimate of drug-likeness (QED) is 0.0967. The Bertz CT molecular complexity index is 2170. The lowest BCUT2D eigenvalue weighted by atomic mass is 10.1. The van der Waals surface area contributed by atoms with Gasteiger partial charge in [-0.1, -0.05) is 93.4 Å². The lowest BCUT2D eigenvalue weighted by molar-refractivity contribution is 0.0686. The molecule has 0 aliphatic heterocycles. The third-order valence-electron chi connectivity index (χ3n) is 8.38. The Balaban J connectivity index is 0.000000209. The van der Waals surface area contributed by atoms with Gasteiger partial charge in [-0.05, 0) is 111 Å². The van der Waals surface area contributed by atoms with Gasteiger partial charge in [-0.25, -0.2) is 14.8 Å². The van der Waals surface area contributed by atoms with Crippen molar-refractivity contribution in [3.63, 3.8) is 0 Å². The lowest BCUT2D eigenvalue weighted by Crippen LogP contribution is -2.36. The molecule has 2 aromatic carbocycles. The van der Waals surface area contributed by atoms with Gasteiger partial charge in [-0.2, -0.15) is 0 Å². The number of hydrogen-bond acceptors (Lipinski definition) is 9. The highest BCUT2D eigenvalue weighted by atomic mass is 33.1. The smallest absolute Gasteiger partial charge is 0.352 e. The van der Waals surface area contributed by atoms with Gasteiger partial charge in [0.2, 0.25) is 0 Å². The highest BCUT2D eigenvalue weighted by Gasteiger charge is 2.22. The number of hydrogen-bond donors (Lipinski definition) is 3. The van der Waals surface area contributed by atoms with Crippen molar-refractivity contribution in [2.45, 2.75) is 61.1 Å². The normalized spacial score (nSPS) is 11.2. The molecule has 0 fully saturated rings. The minimum atomic E-state index is -0.902. The summed E-state index contributed by atoms with van der Waals surface area (Å²) in [7, 11) is 10.4. The number of carboxylic acids is 1. The van der Waals surface area contributed by atoms with E-state index in [1.165, 1.54) is 11.1 Å². The van der Waals surface area contributed by atoms with E-state index >= 15 is 0 Å². The van der Waals surface area contributed by atoms with E-state index in [4.69, 9.17) is 10.8 Å². The van der Waals surface area contributed by atoms with E-state index in [0.29, 0.717) is 24.5 Å². The highest BCUT2D eigenvalue weighted by molar-refractivity contribution is 8.77. The molecule has 0 bridgehead atoms. The van der Waals surface area contributed by atoms with E-state index < -0.39 is 5.97 Å².